The standard InChI is InChI=1S/C21H27N5O/c1-5-26(6-2)12-11-22-21(27)17-13-20(18-14-25(4)24-15(18)3)23-19-10-8-7-9-16(17)19/h7-10,13-14H,5-6,11-12H2,1-4H3,(H,22,27). The molecule has 0 bridgehead atoms. The molecule has 6 nitrogen and oxygen atoms in total. The zero-order chi connectivity index (χ0) is 19.4. The topological polar surface area (TPSA) is 63.1 Å². The lowest BCUT2D eigenvalue weighted by atomic mass is 10.0. The Kier molecular flexibility index (Phi) is 5.86. The monoisotopic (exact) mass is 365 g/mol. The van der Waals surface area contributed by atoms with E-state index in [0.717, 1.165) is 47.5 Å². The van der Waals surface area contributed by atoms with Crippen LogP contribution in [0.1, 0.15) is 29.9 Å². The first-order valence-corrected chi connectivity index (χ1v) is 9.44. The molecule has 2 heterocycles. The predicted octanol–water partition coefficient (Wildman–Crippen LogP) is 3.02. The van der Waals surface area contributed by atoms with E-state index in [-0.39, 0.29) is 5.91 Å². The van der Waals surface area contributed by atoms with E-state index in [0.29, 0.717) is 12.1 Å². The number of rotatable bonds is 7. The molecular weight excluding hydrogens is 338 g/mol. The lowest BCUT2D eigenvalue weighted by Crippen LogP contribution is -2.34. The Bertz CT molecular complexity index is 943. The fraction of sp³-hybridized carbons (Fsp3) is 0.381. The first-order valence-electron chi connectivity index (χ1n) is 9.44. The number of hydrogen-bond donors (Lipinski definition) is 1. The number of nitrogens with zero attached hydrogens (tertiary/aromatic N) is 4. The van der Waals surface area contributed by atoms with Gasteiger partial charge < -0.3 is 10.2 Å². The van der Waals surface area contributed by atoms with Crippen molar-refractivity contribution in [3.63, 3.8) is 0 Å². The van der Waals surface area contributed by atoms with Gasteiger partial charge in [0.15, 0.2) is 0 Å². The molecule has 1 N–H and O–H groups in total. The van der Waals surface area contributed by atoms with E-state index in [2.05, 4.69) is 29.2 Å². The molecule has 0 unspecified atom stereocenters. The highest BCUT2D eigenvalue weighted by molar-refractivity contribution is 6.07. The van der Waals surface area contributed by atoms with Crippen LogP contribution < -0.4 is 5.32 Å². The summed E-state index contributed by atoms with van der Waals surface area (Å²) in [7, 11) is 1.89. The quantitative estimate of drug-likeness (QED) is 0.699. The van der Waals surface area contributed by atoms with Gasteiger partial charge in [0.1, 0.15) is 0 Å². The number of nitrogens with one attached hydrogen (secondary N) is 1. The lowest BCUT2D eigenvalue weighted by molar-refractivity contribution is 0.0950. The highest BCUT2D eigenvalue weighted by Crippen LogP contribution is 2.26. The summed E-state index contributed by atoms with van der Waals surface area (Å²) in [6.45, 7) is 9.64. The fourth-order valence-electron chi connectivity index (χ4n) is 3.31. The van der Waals surface area contributed by atoms with Crippen LogP contribution in [0, 0.1) is 6.92 Å². The van der Waals surface area contributed by atoms with Gasteiger partial charge in [-0.3, -0.25) is 9.48 Å². The Labute approximate surface area is 160 Å². The van der Waals surface area contributed by atoms with Gasteiger partial charge >= 0.3 is 0 Å². The molecule has 1 amide bonds. The summed E-state index contributed by atoms with van der Waals surface area (Å²) in [5.74, 6) is -0.0662. The second-order valence-electron chi connectivity index (χ2n) is 6.66. The van der Waals surface area contributed by atoms with Crippen molar-refractivity contribution in [3.05, 3.63) is 47.8 Å². The van der Waals surface area contributed by atoms with E-state index >= 15 is 0 Å². The van der Waals surface area contributed by atoms with Gasteiger partial charge in [-0.25, -0.2) is 4.98 Å². The normalized spacial score (nSPS) is 11.3. The number of amides is 1. The van der Waals surface area contributed by atoms with Gasteiger partial charge in [-0.2, -0.15) is 5.10 Å². The number of pyridine rings is 1. The lowest BCUT2D eigenvalue weighted by Gasteiger charge is -2.18. The zero-order valence-electron chi connectivity index (χ0n) is 16.5. The molecule has 3 aromatic rings. The van der Waals surface area contributed by atoms with E-state index in [1.54, 1.807) is 4.68 Å². The van der Waals surface area contributed by atoms with Crippen LogP contribution in [0.2, 0.25) is 0 Å². The highest BCUT2D eigenvalue weighted by Gasteiger charge is 2.16. The highest BCUT2D eigenvalue weighted by atomic mass is 16.1. The number of aryl methyl sites for hydroxylation is 2. The molecular formula is C21H27N5O. The minimum absolute atomic E-state index is 0.0662. The largest absolute Gasteiger partial charge is 0.351 e. The molecule has 0 saturated heterocycles. The summed E-state index contributed by atoms with van der Waals surface area (Å²) in [4.78, 5) is 20.0. The van der Waals surface area contributed by atoms with Crippen molar-refractivity contribution in [1.82, 2.24) is 25.0 Å². The number of para-hydroxylation sites is 1. The molecule has 0 aliphatic heterocycles. The maximum Gasteiger partial charge on any atom is 0.252 e. The van der Waals surface area contributed by atoms with Gasteiger partial charge in [0, 0.05) is 37.3 Å². The first kappa shape index (κ1) is 19.0. The van der Waals surface area contributed by atoms with Crippen LogP contribution in [0.15, 0.2) is 36.5 Å². The van der Waals surface area contributed by atoms with Gasteiger partial charge in [-0.05, 0) is 32.1 Å². The first-order chi connectivity index (χ1) is 13.0. The Hall–Kier alpha value is -2.73. The van der Waals surface area contributed by atoms with Crippen molar-refractivity contribution in [2.24, 2.45) is 7.05 Å². The smallest absolute Gasteiger partial charge is 0.252 e. The Balaban J connectivity index is 1.93. The molecule has 27 heavy (non-hydrogen) atoms. The van der Waals surface area contributed by atoms with E-state index in [4.69, 9.17) is 4.98 Å². The molecule has 0 saturated carbocycles. The molecule has 0 radical (unpaired) electrons. The number of carbonyl (C=O) groups is 1. The molecule has 0 spiro atoms. The van der Waals surface area contributed by atoms with Crippen LogP contribution >= 0.6 is 0 Å². The van der Waals surface area contributed by atoms with Gasteiger partial charge in [0.2, 0.25) is 0 Å². The van der Waals surface area contributed by atoms with E-state index in [1.165, 1.54) is 0 Å². The molecule has 6 heteroatoms. The van der Waals surface area contributed by atoms with Gasteiger partial charge in [-0.15, -0.1) is 0 Å². The predicted molar refractivity (Wildman–Crippen MR) is 109 cm³/mol. The van der Waals surface area contributed by atoms with Crippen molar-refractivity contribution in [3.8, 4) is 11.3 Å². The van der Waals surface area contributed by atoms with Crippen LogP contribution in [-0.2, 0) is 7.05 Å². The molecule has 0 fully saturated rings. The minimum Gasteiger partial charge on any atom is -0.351 e. The van der Waals surface area contributed by atoms with Gasteiger partial charge in [0.05, 0.1) is 22.5 Å². The van der Waals surface area contributed by atoms with Crippen molar-refractivity contribution >= 4 is 16.8 Å². The number of carbonyl (C=O) groups excluding carboxylic acids is 1. The fourth-order valence-corrected chi connectivity index (χ4v) is 3.31. The number of aromatic nitrogens is 3. The zero-order valence-corrected chi connectivity index (χ0v) is 16.5. The molecule has 142 valence electrons. The number of benzene rings is 1. The number of fused-ring (bicyclic) bond motifs is 1. The molecule has 0 aliphatic rings. The van der Waals surface area contributed by atoms with Crippen LogP contribution in [0.3, 0.4) is 0 Å². The third kappa shape index (κ3) is 4.17. The molecule has 0 aliphatic carbocycles. The molecule has 0 atom stereocenters. The summed E-state index contributed by atoms with van der Waals surface area (Å²) in [5.41, 5.74) is 4.08. The maximum absolute atomic E-state index is 12.9. The van der Waals surface area contributed by atoms with Crippen LogP contribution in [0.25, 0.3) is 22.2 Å². The van der Waals surface area contributed by atoms with E-state index in [1.807, 2.05) is 50.5 Å². The van der Waals surface area contributed by atoms with Crippen molar-refractivity contribution in [2.45, 2.75) is 20.8 Å². The Morgan fingerprint density at radius 3 is 2.63 bits per heavy atom. The third-order valence-corrected chi connectivity index (χ3v) is 4.86. The summed E-state index contributed by atoms with van der Waals surface area (Å²) in [6.07, 6.45) is 1.94. The van der Waals surface area contributed by atoms with Crippen LogP contribution in [-0.4, -0.2) is 51.8 Å². The second-order valence-corrected chi connectivity index (χ2v) is 6.66. The van der Waals surface area contributed by atoms with Gasteiger partial charge in [-0.1, -0.05) is 32.0 Å². The number of likely N-dealkylation sites (N-methyl/N-ethyl adjacent to an activating group) is 1. The average molecular weight is 365 g/mol. The summed E-state index contributed by atoms with van der Waals surface area (Å²) < 4.78 is 1.77. The van der Waals surface area contributed by atoms with Crippen LogP contribution in [0.5, 0.6) is 0 Å². The van der Waals surface area contributed by atoms with E-state index in [9.17, 15) is 4.79 Å². The van der Waals surface area contributed by atoms with Gasteiger partial charge in [0.25, 0.3) is 5.91 Å². The summed E-state index contributed by atoms with van der Waals surface area (Å²) in [5, 5.41) is 8.32. The Morgan fingerprint density at radius 2 is 1.96 bits per heavy atom. The summed E-state index contributed by atoms with van der Waals surface area (Å²) in [6, 6.07) is 9.64. The minimum atomic E-state index is -0.0662. The molecule has 3 rings (SSSR count). The molecule has 2 aromatic heterocycles. The van der Waals surface area contributed by atoms with Crippen molar-refractivity contribution in [1.29, 1.82) is 0 Å². The average Bonchev–Trinajstić information content (AvgIpc) is 3.02. The SMILES string of the molecule is CCN(CC)CCNC(=O)c1cc(-c2cn(C)nc2C)nc2ccccc12. The second kappa shape index (κ2) is 8.31. The maximum atomic E-state index is 12.9. The Morgan fingerprint density at radius 1 is 1.22 bits per heavy atom. The van der Waals surface area contributed by atoms with Crippen LogP contribution in [0.4, 0.5) is 0 Å². The van der Waals surface area contributed by atoms with Crippen molar-refractivity contribution in [2.75, 3.05) is 26.2 Å². The van der Waals surface area contributed by atoms with E-state index < -0.39 is 0 Å². The number of hydrogen-bond acceptors (Lipinski definition) is 4. The van der Waals surface area contributed by atoms with Crippen molar-refractivity contribution < 1.29 is 4.79 Å². The third-order valence-electron chi connectivity index (χ3n) is 4.86. The molecule has 1 aromatic carbocycles. The summed E-state index contributed by atoms with van der Waals surface area (Å²) >= 11 is 0.